The van der Waals surface area contributed by atoms with E-state index in [4.69, 9.17) is 4.74 Å². The predicted molar refractivity (Wildman–Crippen MR) is 64.2 cm³/mol. The molecule has 1 rings (SSSR count). The van der Waals surface area contributed by atoms with Crippen molar-refractivity contribution in [1.82, 2.24) is 14.5 Å². The number of hydrogen-bond donors (Lipinski definition) is 1. The van der Waals surface area contributed by atoms with Crippen LogP contribution >= 0.6 is 0 Å². The van der Waals surface area contributed by atoms with Crippen LogP contribution in [0.1, 0.15) is 19.5 Å². The fraction of sp³-hybridized carbons (Fsp3) is 0.700. The molecule has 1 aromatic heterocycles. The third-order valence-corrected chi connectivity index (χ3v) is 4.65. The van der Waals surface area contributed by atoms with Crippen molar-refractivity contribution >= 4 is 10.0 Å². The number of nitrogens with one attached hydrogen (secondary N) is 1. The Morgan fingerprint density at radius 3 is 2.59 bits per heavy atom. The maximum atomic E-state index is 12.4. The molecule has 1 heterocycles. The molecular weight excluding hydrogens is 242 g/mol. The van der Waals surface area contributed by atoms with Gasteiger partial charge >= 0.3 is 0 Å². The lowest BCUT2D eigenvalue weighted by atomic mass is 10.4. The Balaban J connectivity index is 3.05. The number of ether oxygens (including phenoxy) is 1. The van der Waals surface area contributed by atoms with Crippen LogP contribution < -0.4 is 0 Å². The molecule has 6 nitrogen and oxygen atoms in total. The normalized spacial score (nSPS) is 12.6. The smallest absolute Gasteiger partial charge is 0.246 e. The Labute approximate surface area is 102 Å². The zero-order valence-corrected chi connectivity index (χ0v) is 11.4. The maximum absolute atomic E-state index is 12.4. The van der Waals surface area contributed by atoms with Crippen molar-refractivity contribution in [1.29, 1.82) is 0 Å². The topological polar surface area (TPSA) is 75.3 Å². The monoisotopic (exact) mass is 261 g/mol. The number of aromatic nitrogens is 2. The summed E-state index contributed by atoms with van der Waals surface area (Å²) in [4.78, 5) is 0.224. The Bertz CT molecular complexity index is 453. The summed E-state index contributed by atoms with van der Waals surface area (Å²) in [5.74, 6) is 0. The first-order valence-corrected chi connectivity index (χ1v) is 6.86. The van der Waals surface area contributed by atoms with Gasteiger partial charge < -0.3 is 4.74 Å². The SMILES string of the molecule is COCCN(C(C)C)S(=O)(=O)c1cn[nH]c1C. The molecule has 0 atom stereocenters. The van der Waals surface area contributed by atoms with E-state index in [1.807, 2.05) is 13.8 Å². The summed E-state index contributed by atoms with van der Waals surface area (Å²) in [5, 5.41) is 6.39. The van der Waals surface area contributed by atoms with Crippen LogP contribution in [0, 0.1) is 6.92 Å². The number of hydrogen-bond acceptors (Lipinski definition) is 4. The van der Waals surface area contributed by atoms with Crippen LogP contribution in [0.5, 0.6) is 0 Å². The quantitative estimate of drug-likeness (QED) is 0.820. The fourth-order valence-corrected chi connectivity index (χ4v) is 3.30. The average Bonchev–Trinajstić information content (AvgIpc) is 2.64. The predicted octanol–water partition coefficient (Wildman–Crippen LogP) is 0.764. The van der Waals surface area contributed by atoms with E-state index in [2.05, 4.69) is 10.2 Å². The van der Waals surface area contributed by atoms with Gasteiger partial charge in [-0.25, -0.2) is 8.42 Å². The lowest BCUT2D eigenvalue weighted by molar-refractivity contribution is 0.171. The highest BCUT2D eigenvalue weighted by Crippen LogP contribution is 2.19. The minimum atomic E-state index is -3.50. The van der Waals surface area contributed by atoms with E-state index in [-0.39, 0.29) is 10.9 Å². The molecule has 98 valence electrons. The molecule has 0 bridgehead atoms. The van der Waals surface area contributed by atoms with E-state index in [1.54, 1.807) is 14.0 Å². The van der Waals surface area contributed by atoms with Crippen LogP contribution in [0.4, 0.5) is 0 Å². The van der Waals surface area contributed by atoms with Gasteiger partial charge in [-0.15, -0.1) is 0 Å². The van der Waals surface area contributed by atoms with Gasteiger partial charge in [0.15, 0.2) is 0 Å². The zero-order valence-electron chi connectivity index (χ0n) is 10.6. The summed E-state index contributed by atoms with van der Waals surface area (Å²) < 4.78 is 31.1. The van der Waals surface area contributed by atoms with Gasteiger partial charge in [-0.1, -0.05) is 0 Å². The first-order valence-electron chi connectivity index (χ1n) is 5.42. The summed E-state index contributed by atoms with van der Waals surface area (Å²) in [6.45, 7) is 6.06. The third kappa shape index (κ3) is 3.05. The van der Waals surface area contributed by atoms with E-state index in [9.17, 15) is 8.42 Å². The van der Waals surface area contributed by atoms with Crippen LogP contribution in [0.2, 0.25) is 0 Å². The Morgan fingerprint density at radius 2 is 2.18 bits per heavy atom. The Kier molecular flexibility index (Phi) is 4.67. The van der Waals surface area contributed by atoms with Gasteiger partial charge in [-0.05, 0) is 20.8 Å². The van der Waals surface area contributed by atoms with Crippen LogP contribution in [0.3, 0.4) is 0 Å². The highest BCUT2D eigenvalue weighted by atomic mass is 32.2. The number of rotatable bonds is 6. The van der Waals surface area contributed by atoms with Crippen LogP contribution in [-0.2, 0) is 14.8 Å². The van der Waals surface area contributed by atoms with Gasteiger partial charge in [-0.2, -0.15) is 9.40 Å². The highest BCUT2D eigenvalue weighted by molar-refractivity contribution is 7.89. The second kappa shape index (κ2) is 5.61. The van der Waals surface area contributed by atoms with Gasteiger partial charge in [0.1, 0.15) is 4.90 Å². The largest absolute Gasteiger partial charge is 0.383 e. The molecule has 0 fully saturated rings. The van der Waals surface area contributed by atoms with Crippen LogP contribution in [0.25, 0.3) is 0 Å². The summed E-state index contributed by atoms with van der Waals surface area (Å²) in [6.07, 6.45) is 1.34. The number of aryl methyl sites for hydroxylation is 1. The number of nitrogens with zero attached hydrogens (tertiary/aromatic N) is 2. The number of aromatic amines is 1. The molecule has 0 aromatic carbocycles. The molecule has 0 radical (unpaired) electrons. The van der Waals surface area contributed by atoms with Gasteiger partial charge in [0, 0.05) is 19.7 Å². The molecule has 1 aromatic rings. The van der Waals surface area contributed by atoms with E-state index < -0.39 is 10.0 Å². The number of sulfonamides is 1. The molecule has 0 aliphatic carbocycles. The van der Waals surface area contributed by atoms with Crippen molar-refractivity contribution in [3.63, 3.8) is 0 Å². The van der Waals surface area contributed by atoms with E-state index in [0.29, 0.717) is 18.8 Å². The lowest BCUT2D eigenvalue weighted by Crippen LogP contribution is -2.39. The molecule has 0 saturated heterocycles. The zero-order chi connectivity index (χ0) is 13.1. The Morgan fingerprint density at radius 1 is 1.53 bits per heavy atom. The molecule has 0 spiro atoms. The standard InChI is InChI=1S/C10H19N3O3S/c1-8(2)13(5-6-16-4)17(14,15)10-7-11-12-9(10)3/h7-8H,5-6H2,1-4H3,(H,11,12). The molecule has 7 heteroatoms. The molecule has 0 saturated carbocycles. The minimum Gasteiger partial charge on any atom is -0.383 e. The van der Waals surface area contributed by atoms with Crippen LogP contribution in [-0.4, -0.2) is 49.2 Å². The fourth-order valence-electron chi connectivity index (χ4n) is 1.56. The minimum absolute atomic E-state index is 0.121. The summed E-state index contributed by atoms with van der Waals surface area (Å²) in [6, 6.07) is -0.121. The number of H-pyrrole nitrogens is 1. The first-order chi connectivity index (χ1) is 7.91. The summed E-state index contributed by atoms with van der Waals surface area (Å²) in [5.41, 5.74) is 0.549. The Hall–Kier alpha value is -0.920. The molecule has 17 heavy (non-hydrogen) atoms. The molecular formula is C10H19N3O3S. The summed E-state index contributed by atoms with van der Waals surface area (Å²) >= 11 is 0. The molecule has 0 aliphatic heterocycles. The van der Waals surface area contributed by atoms with Crippen molar-refractivity contribution in [2.75, 3.05) is 20.3 Å². The van der Waals surface area contributed by atoms with E-state index in [1.165, 1.54) is 10.5 Å². The van der Waals surface area contributed by atoms with Gasteiger partial charge in [-0.3, -0.25) is 5.10 Å². The van der Waals surface area contributed by atoms with E-state index in [0.717, 1.165) is 0 Å². The number of methoxy groups -OCH3 is 1. The second-order valence-corrected chi connectivity index (χ2v) is 5.92. The first kappa shape index (κ1) is 14.1. The van der Waals surface area contributed by atoms with Crippen LogP contribution in [0.15, 0.2) is 11.1 Å². The van der Waals surface area contributed by atoms with Gasteiger partial charge in [0.2, 0.25) is 10.0 Å². The molecule has 0 unspecified atom stereocenters. The van der Waals surface area contributed by atoms with Crippen molar-refractivity contribution in [2.45, 2.75) is 31.7 Å². The van der Waals surface area contributed by atoms with Crippen molar-refractivity contribution in [3.05, 3.63) is 11.9 Å². The molecule has 1 N–H and O–H groups in total. The van der Waals surface area contributed by atoms with Gasteiger partial charge in [0.25, 0.3) is 0 Å². The van der Waals surface area contributed by atoms with Crippen molar-refractivity contribution in [3.8, 4) is 0 Å². The summed E-state index contributed by atoms with van der Waals surface area (Å²) in [7, 11) is -1.95. The lowest BCUT2D eigenvalue weighted by Gasteiger charge is -2.25. The van der Waals surface area contributed by atoms with Gasteiger partial charge in [0.05, 0.1) is 18.5 Å². The third-order valence-electron chi connectivity index (χ3n) is 2.46. The second-order valence-electron chi connectivity index (χ2n) is 4.06. The van der Waals surface area contributed by atoms with Crippen molar-refractivity contribution in [2.24, 2.45) is 0 Å². The molecule has 0 aliphatic rings. The highest BCUT2D eigenvalue weighted by Gasteiger charge is 2.29. The van der Waals surface area contributed by atoms with E-state index >= 15 is 0 Å². The van der Waals surface area contributed by atoms with Crippen molar-refractivity contribution < 1.29 is 13.2 Å². The maximum Gasteiger partial charge on any atom is 0.246 e. The average molecular weight is 261 g/mol. The molecule has 0 amide bonds.